The first-order valence-electron chi connectivity index (χ1n) is 10.2. The minimum Gasteiger partial charge on any atom is -0.494 e. The van der Waals surface area contributed by atoms with Crippen molar-refractivity contribution in [3.63, 3.8) is 0 Å². The highest BCUT2D eigenvalue weighted by Gasteiger charge is 2.42. The second kappa shape index (κ2) is 8.20. The third kappa shape index (κ3) is 4.11. The highest BCUT2D eigenvalue weighted by molar-refractivity contribution is 5.64. The third-order valence-corrected chi connectivity index (χ3v) is 5.92. The van der Waals surface area contributed by atoms with Gasteiger partial charge >= 0.3 is 0 Å². The summed E-state index contributed by atoms with van der Waals surface area (Å²) in [6.07, 6.45) is 4.15. The highest BCUT2D eigenvalue weighted by atomic mass is 19.1. The van der Waals surface area contributed by atoms with Crippen LogP contribution in [0.15, 0.2) is 48.7 Å². The van der Waals surface area contributed by atoms with Crippen molar-refractivity contribution in [2.24, 2.45) is 5.41 Å². The molecule has 1 aromatic heterocycles. The van der Waals surface area contributed by atoms with E-state index in [1.54, 1.807) is 6.07 Å². The Morgan fingerprint density at radius 3 is 2.63 bits per heavy atom. The van der Waals surface area contributed by atoms with E-state index in [0.29, 0.717) is 12.1 Å². The molecule has 1 saturated carbocycles. The molecule has 1 N–H and O–H groups in total. The SMILES string of the molecule is COc1ccc(-c2nn(-c3ccccc3C)cc2CN(C)CC2(CO)CC2)cc1F. The van der Waals surface area contributed by atoms with Gasteiger partial charge in [-0.3, -0.25) is 0 Å². The number of benzene rings is 2. The molecule has 1 aliphatic rings. The van der Waals surface area contributed by atoms with Gasteiger partial charge in [0.05, 0.1) is 18.5 Å². The molecule has 3 aromatic rings. The summed E-state index contributed by atoms with van der Waals surface area (Å²) in [6.45, 7) is 3.76. The molecule has 0 atom stereocenters. The van der Waals surface area contributed by atoms with E-state index in [1.165, 1.54) is 13.2 Å². The fourth-order valence-corrected chi connectivity index (χ4v) is 3.99. The van der Waals surface area contributed by atoms with Crippen molar-refractivity contribution in [1.82, 2.24) is 14.7 Å². The van der Waals surface area contributed by atoms with Gasteiger partial charge in [-0.2, -0.15) is 5.10 Å². The molecule has 1 heterocycles. The Morgan fingerprint density at radius 2 is 2.00 bits per heavy atom. The lowest BCUT2D eigenvalue weighted by atomic mass is 10.1. The van der Waals surface area contributed by atoms with E-state index in [2.05, 4.69) is 11.9 Å². The molecule has 0 bridgehead atoms. The largest absolute Gasteiger partial charge is 0.494 e. The Labute approximate surface area is 176 Å². The number of halogens is 1. The van der Waals surface area contributed by atoms with Crippen LogP contribution in [-0.2, 0) is 6.54 Å². The van der Waals surface area contributed by atoms with Crippen LogP contribution in [-0.4, -0.2) is 47.1 Å². The van der Waals surface area contributed by atoms with E-state index in [4.69, 9.17) is 9.84 Å². The van der Waals surface area contributed by atoms with E-state index >= 15 is 0 Å². The van der Waals surface area contributed by atoms with Crippen LogP contribution in [0.2, 0.25) is 0 Å². The molecule has 158 valence electrons. The van der Waals surface area contributed by atoms with Crippen molar-refractivity contribution in [3.05, 3.63) is 65.6 Å². The summed E-state index contributed by atoms with van der Waals surface area (Å²) < 4.78 is 21.3. The number of hydrogen-bond donors (Lipinski definition) is 1. The van der Waals surface area contributed by atoms with Crippen LogP contribution in [0.3, 0.4) is 0 Å². The van der Waals surface area contributed by atoms with Gasteiger partial charge in [0.1, 0.15) is 0 Å². The molecule has 30 heavy (non-hydrogen) atoms. The molecule has 0 unspecified atom stereocenters. The number of aryl methyl sites for hydroxylation is 1. The fraction of sp³-hybridized carbons (Fsp3) is 0.375. The molecule has 0 amide bonds. The van der Waals surface area contributed by atoms with Gasteiger partial charge in [0.15, 0.2) is 11.6 Å². The van der Waals surface area contributed by atoms with E-state index < -0.39 is 5.82 Å². The zero-order valence-corrected chi connectivity index (χ0v) is 17.7. The van der Waals surface area contributed by atoms with Crippen LogP contribution in [0, 0.1) is 18.2 Å². The number of para-hydroxylation sites is 1. The van der Waals surface area contributed by atoms with E-state index in [0.717, 1.165) is 41.9 Å². The Balaban J connectivity index is 1.71. The molecular weight excluding hydrogens is 381 g/mol. The zero-order valence-electron chi connectivity index (χ0n) is 17.7. The Morgan fingerprint density at radius 1 is 1.23 bits per heavy atom. The molecule has 1 fully saturated rings. The van der Waals surface area contributed by atoms with Crippen LogP contribution in [0.1, 0.15) is 24.0 Å². The van der Waals surface area contributed by atoms with Crippen molar-refractivity contribution in [2.75, 3.05) is 27.3 Å². The molecule has 0 spiro atoms. The molecule has 1 aliphatic carbocycles. The van der Waals surface area contributed by atoms with Crippen LogP contribution >= 0.6 is 0 Å². The van der Waals surface area contributed by atoms with Crippen molar-refractivity contribution in [1.29, 1.82) is 0 Å². The van der Waals surface area contributed by atoms with Gasteiger partial charge in [0, 0.05) is 42.4 Å². The molecule has 6 heteroatoms. The summed E-state index contributed by atoms with van der Waals surface area (Å²) in [5.41, 5.74) is 4.62. The predicted octanol–water partition coefficient (Wildman–Crippen LogP) is 4.20. The first kappa shape index (κ1) is 20.6. The van der Waals surface area contributed by atoms with E-state index in [9.17, 15) is 9.50 Å². The van der Waals surface area contributed by atoms with Crippen LogP contribution in [0.5, 0.6) is 5.75 Å². The second-order valence-electron chi connectivity index (χ2n) is 8.41. The van der Waals surface area contributed by atoms with Gasteiger partial charge in [-0.1, -0.05) is 18.2 Å². The number of aliphatic hydroxyl groups excluding tert-OH is 1. The van der Waals surface area contributed by atoms with Gasteiger partial charge in [-0.15, -0.1) is 0 Å². The van der Waals surface area contributed by atoms with Gasteiger partial charge in [0.2, 0.25) is 0 Å². The summed E-state index contributed by atoms with van der Waals surface area (Å²) in [5.74, 6) is -0.189. The lowest BCUT2D eigenvalue weighted by Crippen LogP contribution is -2.28. The predicted molar refractivity (Wildman–Crippen MR) is 115 cm³/mol. The molecule has 4 rings (SSSR count). The van der Waals surface area contributed by atoms with Gasteiger partial charge in [0.25, 0.3) is 0 Å². The Bertz CT molecular complexity index is 1040. The third-order valence-electron chi connectivity index (χ3n) is 5.92. The van der Waals surface area contributed by atoms with Gasteiger partial charge < -0.3 is 14.7 Å². The number of rotatable bonds is 8. The Hall–Kier alpha value is -2.70. The Kier molecular flexibility index (Phi) is 5.62. The zero-order chi connectivity index (χ0) is 21.3. The molecule has 0 aliphatic heterocycles. The van der Waals surface area contributed by atoms with Crippen molar-refractivity contribution in [2.45, 2.75) is 26.3 Å². The molecule has 0 saturated heterocycles. The summed E-state index contributed by atoms with van der Waals surface area (Å²) in [5, 5.41) is 14.5. The number of methoxy groups -OCH3 is 1. The minimum atomic E-state index is -0.406. The number of aromatic nitrogens is 2. The van der Waals surface area contributed by atoms with E-state index in [-0.39, 0.29) is 17.8 Å². The van der Waals surface area contributed by atoms with Gasteiger partial charge in [-0.25, -0.2) is 9.07 Å². The van der Waals surface area contributed by atoms with E-state index in [1.807, 2.05) is 48.1 Å². The van der Waals surface area contributed by atoms with Crippen LogP contribution in [0.25, 0.3) is 16.9 Å². The average Bonchev–Trinajstić information content (AvgIpc) is 3.38. The quantitative estimate of drug-likeness (QED) is 0.606. The molecule has 5 nitrogen and oxygen atoms in total. The monoisotopic (exact) mass is 409 g/mol. The topological polar surface area (TPSA) is 50.5 Å². The van der Waals surface area contributed by atoms with Crippen molar-refractivity contribution >= 4 is 0 Å². The minimum absolute atomic E-state index is 0.0349. The van der Waals surface area contributed by atoms with Crippen LogP contribution in [0.4, 0.5) is 4.39 Å². The normalized spacial score (nSPS) is 14.9. The second-order valence-corrected chi connectivity index (χ2v) is 8.41. The summed E-state index contributed by atoms with van der Waals surface area (Å²) in [7, 11) is 3.51. The summed E-state index contributed by atoms with van der Waals surface area (Å²) in [4.78, 5) is 2.21. The van der Waals surface area contributed by atoms with Gasteiger partial charge in [-0.05, 0) is 56.6 Å². The lowest BCUT2D eigenvalue weighted by Gasteiger charge is -2.22. The average molecular weight is 410 g/mol. The summed E-state index contributed by atoms with van der Waals surface area (Å²) in [6, 6.07) is 13.0. The maximum absolute atomic E-state index is 14.4. The number of nitrogens with zero attached hydrogens (tertiary/aromatic N) is 3. The fourth-order valence-electron chi connectivity index (χ4n) is 3.99. The maximum Gasteiger partial charge on any atom is 0.165 e. The van der Waals surface area contributed by atoms with Crippen molar-refractivity contribution < 1.29 is 14.2 Å². The molecule has 2 aromatic carbocycles. The standard InChI is InChI=1S/C24H28FN3O2/c1-17-6-4-5-7-21(17)28-14-19(13-27(2)15-24(16-29)10-11-24)23(26-28)18-8-9-22(30-3)20(25)12-18/h4-9,12,14,29H,10-11,13,15-16H2,1-3H3. The number of aliphatic hydroxyl groups is 1. The smallest absolute Gasteiger partial charge is 0.165 e. The first-order chi connectivity index (χ1) is 14.4. The maximum atomic E-state index is 14.4. The van der Waals surface area contributed by atoms with Crippen molar-refractivity contribution in [3.8, 4) is 22.7 Å². The van der Waals surface area contributed by atoms with Crippen LogP contribution < -0.4 is 4.74 Å². The lowest BCUT2D eigenvalue weighted by molar-refractivity contribution is 0.161. The number of ether oxygens (including phenoxy) is 1. The molecule has 0 radical (unpaired) electrons. The molecular formula is C24H28FN3O2. The highest BCUT2D eigenvalue weighted by Crippen LogP contribution is 2.45. The number of hydrogen-bond acceptors (Lipinski definition) is 4. The first-order valence-corrected chi connectivity index (χ1v) is 10.2. The summed E-state index contributed by atoms with van der Waals surface area (Å²) >= 11 is 0.